The minimum atomic E-state index is -0.0617. The highest BCUT2D eigenvalue weighted by atomic mass is 79.9. The van der Waals surface area contributed by atoms with Crippen LogP contribution in [-0.4, -0.2) is 53.6 Å². The van der Waals surface area contributed by atoms with Crippen molar-refractivity contribution in [2.45, 2.75) is 4.34 Å². The van der Waals surface area contributed by atoms with Gasteiger partial charge >= 0.3 is 0 Å². The predicted octanol–water partition coefficient (Wildman–Crippen LogP) is 6.27. The molecule has 1 fully saturated rings. The quantitative estimate of drug-likeness (QED) is 0.256. The summed E-state index contributed by atoms with van der Waals surface area (Å²) in [4.78, 5) is 34.1. The Kier molecular flexibility index (Phi) is 8.23. The Hall–Kier alpha value is -3.14. The Balaban J connectivity index is 1.09. The summed E-state index contributed by atoms with van der Waals surface area (Å²) in [6.45, 7) is 2.85. The van der Waals surface area contributed by atoms with E-state index in [1.54, 1.807) is 11.3 Å². The van der Waals surface area contributed by atoms with Gasteiger partial charge in [-0.1, -0.05) is 54.2 Å². The van der Waals surface area contributed by atoms with Crippen LogP contribution in [0.1, 0.15) is 10.4 Å². The van der Waals surface area contributed by atoms with E-state index in [4.69, 9.17) is 0 Å². The molecule has 0 aliphatic carbocycles. The summed E-state index contributed by atoms with van der Waals surface area (Å²) < 4.78 is 1.70. The van der Waals surface area contributed by atoms with E-state index in [0.717, 1.165) is 44.5 Å². The molecule has 37 heavy (non-hydrogen) atoms. The molecule has 0 unspecified atom stereocenters. The number of aromatic nitrogens is 1. The molecule has 0 radical (unpaired) electrons. The fourth-order valence-electron chi connectivity index (χ4n) is 4.12. The molecule has 9 heteroatoms. The topological polar surface area (TPSA) is 65.5 Å². The fraction of sp³-hybridized carbons (Fsp3) is 0.179. The van der Waals surface area contributed by atoms with E-state index >= 15 is 0 Å². The maximum atomic E-state index is 12.9. The van der Waals surface area contributed by atoms with Gasteiger partial charge < -0.3 is 15.1 Å². The lowest BCUT2D eigenvalue weighted by molar-refractivity contribution is -0.113. The monoisotopic (exact) mass is 592 g/mol. The molecule has 0 bridgehead atoms. The molecule has 188 valence electrons. The van der Waals surface area contributed by atoms with Gasteiger partial charge in [0.05, 0.1) is 17.0 Å². The molecule has 2 heterocycles. The van der Waals surface area contributed by atoms with Gasteiger partial charge in [-0.3, -0.25) is 9.59 Å². The maximum Gasteiger partial charge on any atom is 0.255 e. The van der Waals surface area contributed by atoms with Crippen LogP contribution in [0, 0.1) is 0 Å². The second-order valence-corrected chi connectivity index (χ2v) is 11.4. The van der Waals surface area contributed by atoms with Crippen molar-refractivity contribution in [3.05, 3.63) is 94.3 Å². The van der Waals surface area contributed by atoms with Crippen LogP contribution in [0.15, 0.2) is 93.1 Å². The minimum Gasteiger partial charge on any atom is -0.368 e. The van der Waals surface area contributed by atoms with Gasteiger partial charge in [0.1, 0.15) is 0 Å². The maximum absolute atomic E-state index is 12.9. The van der Waals surface area contributed by atoms with E-state index in [9.17, 15) is 9.59 Å². The number of halogens is 1. The van der Waals surface area contributed by atoms with Gasteiger partial charge in [-0.25, -0.2) is 4.98 Å². The first-order valence-electron chi connectivity index (χ1n) is 11.9. The van der Waals surface area contributed by atoms with Crippen LogP contribution in [0.4, 0.5) is 11.4 Å². The number of amides is 2. The molecule has 0 atom stereocenters. The van der Waals surface area contributed by atoms with E-state index < -0.39 is 0 Å². The number of anilines is 2. The number of piperazine rings is 1. The fourth-order valence-corrected chi connectivity index (χ4v) is 6.21. The largest absolute Gasteiger partial charge is 0.368 e. The summed E-state index contributed by atoms with van der Waals surface area (Å²) in [5.41, 5.74) is 4.55. The summed E-state index contributed by atoms with van der Waals surface area (Å²) in [5.74, 6) is 0.294. The number of carbonyl (C=O) groups excluding carboxylic acids is 2. The van der Waals surface area contributed by atoms with Crippen molar-refractivity contribution in [3.63, 3.8) is 0 Å². The average Bonchev–Trinajstić information content (AvgIpc) is 3.42. The van der Waals surface area contributed by atoms with Crippen LogP contribution in [-0.2, 0) is 4.79 Å². The first-order valence-corrected chi connectivity index (χ1v) is 14.5. The molecule has 3 aromatic carbocycles. The molecule has 6 nitrogen and oxygen atoms in total. The van der Waals surface area contributed by atoms with Crippen molar-refractivity contribution >= 4 is 62.2 Å². The van der Waals surface area contributed by atoms with Gasteiger partial charge in [0, 0.05) is 53.0 Å². The predicted molar refractivity (Wildman–Crippen MR) is 156 cm³/mol. The third kappa shape index (κ3) is 6.41. The lowest BCUT2D eigenvalue weighted by Gasteiger charge is -2.36. The molecule has 4 aromatic rings. The molecule has 1 aliphatic heterocycles. The van der Waals surface area contributed by atoms with Crippen molar-refractivity contribution < 1.29 is 9.59 Å². The van der Waals surface area contributed by atoms with Gasteiger partial charge in [-0.2, -0.15) is 0 Å². The van der Waals surface area contributed by atoms with Crippen molar-refractivity contribution in [2.24, 2.45) is 0 Å². The molecule has 1 aliphatic rings. The minimum absolute atomic E-state index is 0.0529. The van der Waals surface area contributed by atoms with E-state index in [1.807, 2.05) is 89.1 Å². The van der Waals surface area contributed by atoms with Gasteiger partial charge in [-0.05, 0) is 52.3 Å². The Morgan fingerprint density at radius 2 is 1.62 bits per heavy atom. The van der Waals surface area contributed by atoms with Crippen LogP contribution in [0.2, 0.25) is 0 Å². The average molecular weight is 594 g/mol. The molecule has 5 rings (SSSR count). The number of carbonyl (C=O) groups is 2. The van der Waals surface area contributed by atoms with Crippen molar-refractivity contribution in [3.8, 4) is 11.3 Å². The van der Waals surface area contributed by atoms with Gasteiger partial charge in [-0.15, -0.1) is 11.3 Å². The van der Waals surface area contributed by atoms with Gasteiger partial charge in [0.25, 0.3) is 5.91 Å². The number of nitrogens with one attached hydrogen (secondary N) is 1. The number of rotatable bonds is 7. The van der Waals surface area contributed by atoms with Crippen LogP contribution in [0.5, 0.6) is 0 Å². The first kappa shape index (κ1) is 25.5. The zero-order valence-corrected chi connectivity index (χ0v) is 23.2. The van der Waals surface area contributed by atoms with Crippen molar-refractivity contribution in [2.75, 3.05) is 42.1 Å². The molecule has 1 aromatic heterocycles. The molecule has 1 N–H and O–H groups in total. The van der Waals surface area contributed by atoms with Crippen molar-refractivity contribution in [1.82, 2.24) is 9.88 Å². The van der Waals surface area contributed by atoms with E-state index in [-0.39, 0.29) is 11.8 Å². The first-order chi connectivity index (χ1) is 18.1. The van der Waals surface area contributed by atoms with Crippen LogP contribution >= 0.6 is 39.0 Å². The van der Waals surface area contributed by atoms with Crippen LogP contribution < -0.4 is 10.2 Å². The van der Waals surface area contributed by atoms with E-state index in [2.05, 4.69) is 31.1 Å². The summed E-state index contributed by atoms with van der Waals surface area (Å²) in [5, 5.41) is 4.99. The number of hydrogen-bond donors (Lipinski definition) is 1. The number of hydrogen-bond acceptors (Lipinski definition) is 6. The van der Waals surface area contributed by atoms with Crippen molar-refractivity contribution in [1.29, 1.82) is 0 Å². The van der Waals surface area contributed by atoms with Gasteiger partial charge in [0.15, 0.2) is 4.34 Å². The third-order valence-electron chi connectivity index (χ3n) is 6.07. The molecule has 2 amide bonds. The Labute approximate surface area is 232 Å². The summed E-state index contributed by atoms with van der Waals surface area (Å²) in [6, 6.07) is 25.4. The Morgan fingerprint density at radius 3 is 2.35 bits per heavy atom. The molecular weight excluding hydrogens is 568 g/mol. The second-order valence-electron chi connectivity index (χ2n) is 8.51. The molecule has 1 saturated heterocycles. The third-order valence-corrected chi connectivity index (χ3v) is 8.78. The molecule has 0 saturated carbocycles. The summed E-state index contributed by atoms with van der Waals surface area (Å²) in [6.07, 6.45) is 0. The highest BCUT2D eigenvalue weighted by Gasteiger charge is 2.23. The smallest absolute Gasteiger partial charge is 0.255 e. The lowest BCUT2D eigenvalue weighted by Crippen LogP contribution is -2.48. The summed E-state index contributed by atoms with van der Waals surface area (Å²) >= 11 is 6.47. The number of thiazole rings is 1. The highest BCUT2D eigenvalue weighted by Crippen LogP contribution is 2.28. The number of thioether (sulfide) groups is 1. The molecule has 0 spiro atoms. The zero-order chi connectivity index (χ0) is 25.6. The SMILES string of the molecule is O=C(CSc1nc(-c2ccccc2)cs1)Nc1ccc(N2CCN(C(=O)c3ccccc3Br)CC2)cc1. The summed E-state index contributed by atoms with van der Waals surface area (Å²) in [7, 11) is 0. The molecular formula is C28H25BrN4O2S2. The number of nitrogens with zero attached hydrogens (tertiary/aromatic N) is 3. The van der Waals surface area contributed by atoms with E-state index in [0.29, 0.717) is 24.4 Å². The van der Waals surface area contributed by atoms with Gasteiger partial charge in [0.2, 0.25) is 5.91 Å². The highest BCUT2D eigenvalue weighted by molar-refractivity contribution is 9.10. The Bertz CT molecular complexity index is 1370. The van der Waals surface area contributed by atoms with E-state index in [1.165, 1.54) is 11.8 Å². The standard InChI is InChI=1S/C28H25BrN4O2S2/c29-24-9-5-4-8-23(24)27(35)33-16-14-32(15-17-33)22-12-10-21(11-13-22)30-26(34)19-37-28-31-25(18-36-28)20-6-2-1-3-7-20/h1-13,18H,14-17,19H2,(H,30,34). The normalized spacial score (nSPS) is 13.4. The second kappa shape index (κ2) is 11.9. The van der Waals surface area contributed by atoms with Crippen LogP contribution in [0.3, 0.4) is 0 Å². The number of benzene rings is 3. The lowest BCUT2D eigenvalue weighted by atomic mass is 10.1. The zero-order valence-electron chi connectivity index (χ0n) is 20.0. The van der Waals surface area contributed by atoms with Crippen LogP contribution in [0.25, 0.3) is 11.3 Å². The Morgan fingerprint density at radius 1 is 0.919 bits per heavy atom.